The fraction of sp³-hybridized carbons (Fsp3) is 0.0769. The number of amidine groups is 1. The second-order valence-corrected chi connectivity index (χ2v) is 3.68. The predicted molar refractivity (Wildman–Crippen MR) is 66.5 cm³/mol. The van der Waals surface area contributed by atoms with Gasteiger partial charge in [0.15, 0.2) is 0 Å². The molecule has 3 N–H and O–H groups in total. The van der Waals surface area contributed by atoms with Gasteiger partial charge in [0.1, 0.15) is 17.3 Å². The van der Waals surface area contributed by atoms with Crippen LogP contribution in [0.15, 0.2) is 42.6 Å². The Morgan fingerprint density at radius 1 is 1.12 bits per heavy atom. The van der Waals surface area contributed by atoms with Crippen LogP contribution in [-0.2, 0) is 0 Å². The molecule has 0 unspecified atom stereocenters. The van der Waals surface area contributed by atoms with Gasteiger partial charge in [0, 0.05) is 11.3 Å². The number of aromatic nitrogens is 1. The highest BCUT2D eigenvalue weighted by Crippen LogP contribution is 2.20. The van der Waals surface area contributed by atoms with Crippen LogP contribution in [-0.4, -0.2) is 10.8 Å². The third-order valence-corrected chi connectivity index (χ3v) is 2.29. The summed E-state index contributed by atoms with van der Waals surface area (Å²) in [5, 5.41) is 7.28. The largest absolute Gasteiger partial charge is 0.456 e. The van der Waals surface area contributed by atoms with E-state index in [1.54, 1.807) is 30.5 Å². The number of pyridine rings is 1. The van der Waals surface area contributed by atoms with Gasteiger partial charge in [0.25, 0.3) is 0 Å². The standard InChI is InChI=1S/C13H13N3O/c1-9-2-5-12(8-16-9)17-11-6-3-10(4-7-11)13(14)15/h2-8H,1H3,(H3,14,15). The van der Waals surface area contributed by atoms with Gasteiger partial charge < -0.3 is 10.5 Å². The van der Waals surface area contributed by atoms with Gasteiger partial charge in [-0.25, -0.2) is 0 Å². The van der Waals surface area contributed by atoms with Crippen molar-refractivity contribution >= 4 is 5.84 Å². The van der Waals surface area contributed by atoms with Crippen LogP contribution in [0.3, 0.4) is 0 Å². The molecule has 1 aromatic carbocycles. The third-order valence-electron chi connectivity index (χ3n) is 2.29. The number of hydrogen-bond donors (Lipinski definition) is 2. The third kappa shape index (κ3) is 2.81. The second kappa shape index (κ2) is 4.65. The lowest BCUT2D eigenvalue weighted by Gasteiger charge is -2.06. The predicted octanol–water partition coefficient (Wildman–Crippen LogP) is 2.47. The summed E-state index contributed by atoms with van der Waals surface area (Å²) in [5.74, 6) is 1.43. The quantitative estimate of drug-likeness (QED) is 0.625. The molecule has 0 aliphatic rings. The maximum Gasteiger partial charge on any atom is 0.145 e. The Balaban J connectivity index is 2.13. The zero-order chi connectivity index (χ0) is 12.3. The normalized spacial score (nSPS) is 9.94. The SMILES string of the molecule is Cc1ccc(Oc2ccc(C(=N)N)cc2)cn1. The van der Waals surface area contributed by atoms with Crippen LogP contribution >= 0.6 is 0 Å². The molecule has 4 nitrogen and oxygen atoms in total. The summed E-state index contributed by atoms with van der Waals surface area (Å²) < 4.78 is 5.59. The van der Waals surface area contributed by atoms with Crippen molar-refractivity contribution in [3.63, 3.8) is 0 Å². The Kier molecular flexibility index (Phi) is 3.05. The van der Waals surface area contributed by atoms with E-state index in [0.29, 0.717) is 17.1 Å². The van der Waals surface area contributed by atoms with Gasteiger partial charge >= 0.3 is 0 Å². The van der Waals surface area contributed by atoms with E-state index in [0.717, 1.165) is 5.69 Å². The molecule has 17 heavy (non-hydrogen) atoms. The molecule has 0 aliphatic heterocycles. The zero-order valence-corrected chi connectivity index (χ0v) is 9.47. The second-order valence-electron chi connectivity index (χ2n) is 3.68. The molecule has 2 aromatic rings. The van der Waals surface area contributed by atoms with Crippen LogP contribution in [0.2, 0.25) is 0 Å². The molecule has 0 saturated carbocycles. The van der Waals surface area contributed by atoms with E-state index < -0.39 is 0 Å². The highest BCUT2D eigenvalue weighted by atomic mass is 16.5. The number of nitrogens with one attached hydrogen (secondary N) is 1. The summed E-state index contributed by atoms with van der Waals surface area (Å²) in [7, 11) is 0. The fourth-order valence-electron chi connectivity index (χ4n) is 1.35. The molecular formula is C13H13N3O. The van der Waals surface area contributed by atoms with Crippen molar-refractivity contribution < 1.29 is 4.74 Å². The van der Waals surface area contributed by atoms with Gasteiger partial charge in [-0.05, 0) is 43.3 Å². The Labute approximate surface area is 99.6 Å². The molecule has 0 amide bonds. The number of rotatable bonds is 3. The summed E-state index contributed by atoms with van der Waals surface area (Å²) in [6.45, 7) is 1.92. The lowest BCUT2D eigenvalue weighted by Crippen LogP contribution is -2.10. The van der Waals surface area contributed by atoms with Gasteiger partial charge in [-0.3, -0.25) is 10.4 Å². The first-order valence-corrected chi connectivity index (χ1v) is 5.20. The average molecular weight is 227 g/mol. The Hall–Kier alpha value is -2.36. The average Bonchev–Trinajstić information content (AvgIpc) is 2.33. The minimum Gasteiger partial charge on any atom is -0.456 e. The molecule has 0 spiro atoms. The summed E-state index contributed by atoms with van der Waals surface area (Å²) in [5.41, 5.74) is 6.99. The van der Waals surface area contributed by atoms with E-state index in [4.69, 9.17) is 15.9 Å². The molecule has 1 heterocycles. The Morgan fingerprint density at radius 3 is 2.29 bits per heavy atom. The van der Waals surface area contributed by atoms with E-state index in [2.05, 4.69) is 4.98 Å². The minimum atomic E-state index is 0.0496. The molecule has 0 saturated heterocycles. The molecule has 0 radical (unpaired) electrons. The van der Waals surface area contributed by atoms with Crippen molar-refractivity contribution in [1.29, 1.82) is 5.41 Å². The van der Waals surface area contributed by atoms with Crippen LogP contribution in [0.5, 0.6) is 11.5 Å². The molecule has 0 aliphatic carbocycles. The number of nitrogen functional groups attached to an aromatic ring is 1. The van der Waals surface area contributed by atoms with Crippen molar-refractivity contribution in [3.8, 4) is 11.5 Å². The maximum absolute atomic E-state index is 7.28. The molecule has 0 atom stereocenters. The molecular weight excluding hydrogens is 214 g/mol. The van der Waals surface area contributed by atoms with E-state index in [-0.39, 0.29) is 5.84 Å². The minimum absolute atomic E-state index is 0.0496. The number of nitrogens with two attached hydrogens (primary N) is 1. The van der Waals surface area contributed by atoms with Gasteiger partial charge in [-0.2, -0.15) is 0 Å². The molecule has 86 valence electrons. The lowest BCUT2D eigenvalue weighted by molar-refractivity contribution is 0.480. The van der Waals surface area contributed by atoms with Gasteiger partial charge in [0.2, 0.25) is 0 Å². The number of ether oxygens (including phenoxy) is 1. The number of nitrogens with zero attached hydrogens (tertiary/aromatic N) is 1. The highest BCUT2D eigenvalue weighted by Gasteiger charge is 1.99. The van der Waals surface area contributed by atoms with Crippen LogP contribution in [0.4, 0.5) is 0 Å². The van der Waals surface area contributed by atoms with E-state index in [1.165, 1.54) is 0 Å². The molecule has 2 rings (SSSR count). The summed E-state index contributed by atoms with van der Waals surface area (Å²) in [6, 6.07) is 10.8. The fourth-order valence-corrected chi connectivity index (χ4v) is 1.35. The summed E-state index contributed by atoms with van der Waals surface area (Å²) in [4.78, 5) is 4.14. The summed E-state index contributed by atoms with van der Waals surface area (Å²) in [6.07, 6.45) is 1.67. The van der Waals surface area contributed by atoms with Crippen LogP contribution in [0.25, 0.3) is 0 Å². The van der Waals surface area contributed by atoms with E-state index in [1.807, 2.05) is 19.1 Å². The van der Waals surface area contributed by atoms with Crippen molar-refractivity contribution in [2.24, 2.45) is 5.73 Å². The van der Waals surface area contributed by atoms with E-state index in [9.17, 15) is 0 Å². The topological polar surface area (TPSA) is 72.0 Å². The molecule has 4 heteroatoms. The van der Waals surface area contributed by atoms with Crippen molar-refractivity contribution in [2.75, 3.05) is 0 Å². The highest BCUT2D eigenvalue weighted by molar-refractivity contribution is 5.94. The molecule has 0 bridgehead atoms. The molecule has 0 fully saturated rings. The summed E-state index contributed by atoms with van der Waals surface area (Å²) >= 11 is 0. The first-order valence-electron chi connectivity index (χ1n) is 5.20. The van der Waals surface area contributed by atoms with Gasteiger partial charge in [-0.15, -0.1) is 0 Å². The van der Waals surface area contributed by atoms with Crippen molar-refractivity contribution in [3.05, 3.63) is 53.9 Å². The Bertz CT molecular complexity index is 517. The van der Waals surface area contributed by atoms with Crippen molar-refractivity contribution in [1.82, 2.24) is 4.98 Å². The van der Waals surface area contributed by atoms with Crippen LogP contribution in [0.1, 0.15) is 11.3 Å². The number of aryl methyl sites for hydroxylation is 1. The molecule has 1 aromatic heterocycles. The van der Waals surface area contributed by atoms with E-state index >= 15 is 0 Å². The first-order chi connectivity index (χ1) is 8.15. The number of benzene rings is 1. The van der Waals surface area contributed by atoms with Crippen LogP contribution in [0, 0.1) is 12.3 Å². The Morgan fingerprint density at radius 2 is 1.76 bits per heavy atom. The van der Waals surface area contributed by atoms with Crippen molar-refractivity contribution in [2.45, 2.75) is 6.92 Å². The van der Waals surface area contributed by atoms with Gasteiger partial charge in [0.05, 0.1) is 6.20 Å². The van der Waals surface area contributed by atoms with Gasteiger partial charge in [-0.1, -0.05) is 0 Å². The lowest BCUT2D eigenvalue weighted by atomic mass is 10.2. The monoisotopic (exact) mass is 227 g/mol. The smallest absolute Gasteiger partial charge is 0.145 e. The maximum atomic E-state index is 7.28. The zero-order valence-electron chi connectivity index (χ0n) is 9.47. The van der Waals surface area contributed by atoms with Crippen LogP contribution < -0.4 is 10.5 Å². The number of hydrogen-bond acceptors (Lipinski definition) is 3. The first kappa shape index (κ1) is 11.1.